The van der Waals surface area contributed by atoms with E-state index in [4.69, 9.17) is 35.0 Å². The van der Waals surface area contributed by atoms with Crippen LogP contribution in [0, 0.1) is 11.6 Å². The largest absolute Gasteiger partial charge is 0.509 e. The lowest BCUT2D eigenvalue weighted by Gasteiger charge is -2.48. The van der Waals surface area contributed by atoms with Crippen molar-refractivity contribution in [2.24, 2.45) is 0 Å². The molecule has 2 heterocycles. The summed E-state index contributed by atoms with van der Waals surface area (Å²) < 4.78 is 124. The van der Waals surface area contributed by atoms with E-state index in [9.17, 15) is 66.6 Å². The van der Waals surface area contributed by atoms with E-state index in [-0.39, 0.29) is 52.3 Å². The number of carbonyl (C=O) groups is 2. The molecular formula is C47H63F8N7O15. The maximum Gasteiger partial charge on any atom is 0.433 e. The summed E-state index contributed by atoms with van der Waals surface area (Å²) in [6.07, 6.45) is -20.5. The van der Waals surface area contributed by atoms with Crippen molar-refractivity contribution in [3.05, 3.63) is 82.5 Å². The van der Waals surface area contributed by atoms with Crippen molar-refractivity contribution in [2.45, 2.75) is 99.0 Å². The zero-order valence-electron chi connectivity index (χ0n) is 41.7. The first-order valence-corrected chi connectivity index (χ1v) is 23.6. The Morgan fingerprint density at radius 2 is 1.40 bits per heavy atom. The van der Waals surface area contributed by atoms with Gasteiger partial charge >= 0.3 is 12.4 Å². The number of hydrogen-bond acceptors (Lipinski definition) is 20. The number of amides is 2. The minimum absolute atomic E-state index is 0.0550. The Morgan fingerprint density at radius 3 is 1.97 bits per heavy atom. The summed E-state index contributed by atoms with van der Waals surface area (Å²) >= 11 is 0. The van der Waals surface area contributed by atoms with Crippen LogP contribution in [0.5, 0.6) is 5.75 Å². The molecule has 1 aromatic heterocycles. The van der Waals surface area contributed by atoms with E-state index >= 15 is 8.78 Å². The van der Waals surface area contributed by atoms with E-state index < -0.39 is 161 Å². The number of anilines is 1. The Kier molecular flexibility index (Phi) is 23.4. The molecule has 1 fully saturated rings. The molecule has 1 saturated carbocycles. The molecule has 8 atom stereocenters. The molecule has 4 unspecified atom stereocenters. The molecule has 5 rings (SSSR count). The van der Waals surface area contributed by atoms with Crippen molar-refractivity contribution in [3.8, 4) is 17.0 Å². The predicted octanol–water partition coefficient (Wildman–Crippen LogP) is -0.183. The van der Waals surface area contributed by atoms with E-state index in [0.29, 0.717) is 37.4 Å². The number of carbonyl (C=O) groups excluding carboxylic acids is 2. The summed E-state index contributed by atoms with van der Waals surface area (Å²) in [7, 11) is 4.52. The number of alkyl halides is 6. The van der Waals surface area contributed by atoms with E-state index in [2.05, 4.69) is 20.6 Å². The van der Waals surface area contributed by atoms with Crippen molar-refractivity contribution < 1.29 is 110 Å². The van der Waals surface area contributed by atoms with Crippen molar-refractivity contribution in [1.29, 1.82) is 0 Å². The van der Waals surface area contributed by atoms with Gasteiger partial charge in [0.15, 0.2) is 11.6 Å². The number of aromatic nitrogens is 2. The van der Waals surface area contributed by atoms with Gasteiger partial charge in [0.25, 0.3) is 11.8 Å². The molecule has 1 spiro atoms. The first-order chi connectivity index (χ1) is 36.0. The van der Waals surface area contributed by atoms with Crippen molar-refractivity contribution in [2.75, 3.05) is 79.1 Å². The Bertz CT molecular complexity index is 2460. The van der Waals surface area contributed by atoms with Crippen LogP contribution in [0.2, 0.25) is 0 Å². The Balaban J connectivity index is 0.000000867. The van der Waals surface area contributed by atoms with Gasteiger partial charge in [0.05, 0.1) is 67.7 Å². The number of benzene rings is 2. The molecule has 1 aliphatic carbocycles. The van der Waals surface area contributed by atoms with Crippen LogP contribution < -0.4 is 15.4 Å². The molecule has 0 bridgehead atoms. The Hall–Kier alpha value is -5.32. The normalized spacial score (nSPS) is 18.4. The van der Waals surface area contributed by atoms with Gasteiger partial charge in [-0.2, -0.15) is 30.7 Å². The first kappa shape index (κ1) is 64.2. The molecule has 2 aromatic carbocycles. The molecule has 77 heavy (non-hydrogen) atoms. The van der Waals surface area contributed by atoms with E-state index in [0.717, 1.165) is 23.2 Å². The molecule has 0 radical (unpaired) electrons. The molecule has 2 aliphatic rings. The van der Waals surface area contributed by atoms with Crippen LogP contribution in [-0.4, -0.2) is 221 Å². The van der Waals surface area contributed by atoms with E-state index in [1.54, 1.807) is 14.1 Å². The topological polar surface area (TPSA) is 335 Å². The van der Waals surface area contributed by atoms with Gasteiger partial charge in [-0.25, -0.2) is 19.4 Å². The molecule has 22 nitrogen and oxygen atoms in total. The Labute approximate surface area is 435 Å². The number of aliphatic hydroxyl groups excluding tert-OH is 11. The third-order valence-electron chi connectivity index (χ3n) is 12.7. The lowest BCUT2D eigenvalue weighted by Crippen LogP contribution is -2.62. The summed E-state index contributed by atoms with van der Waals surface area (Å²) in [5.74, 6) is -6.70. The molecule has 13 N–H and O–H groups in total. The second kappa shape index (κ2) is 28.0. The van der Waals surface area contributed by atoms with Crippen molar-refractivity contribution in [1.82, 2.24) is 30.2 Å². The zero-order chi connectivity index (χ0) is 57.7. The van der Waals surface area contributed by atoms with Gasteiger partial charge in [0.2, 0.25) is 5.82 Å². The summed E-state index contributed by atoms with van der Waals surface area (Å²) in [6, 6.07) is 4.28. The van der Waals surface area contributed by atoms with E-state index in [1.807, 2.05) is 0 Å². The number of halogens is 8. The molecular weight excluding hydrogens is 1050 g/mol. The summed E-state index contributed by atoms with van der Waals surface area (Å²) in [5.41, 5.74) is -7.34. The predicted molar refractivity (Wildman–Crippen MR) is 252 cm³/mol. The first-order valence-electron chi connectivity index (χ1n) is 23.6. The minimum Gasteiger partial charge on any atom is -0.509 e. The molecule has 3 aromatic rings. The van der Waals surface area contributed by atoms with Crippen LogP contribution in [0.4, 0.5) is 40.8 Å². The van der Waals surface area contributed by atoms with Crippen LogP contribution >= 0.6 is 0 Å². The fraction of sp³-hybridized carbons (Fsp3) is 0.574. The van der Waals surface area contributed by atoms with Crippen molar-refractivity contribution >= 4 is 17.5 Å². The second-order valence-electron chi connectivity index (χ2n) is 18.1. The van der Waals surface area contributed by atoms with Gasteiger partial charge in [0.1, 0.15) is 66.6 Å². The summed E-state index contributed by atoms with van der Waals surface area (Å²) in [5, 5.41) is 112. The average Bonchev–Trinajstić information content (AvgIpc) is 3.90. The SMILES string of the molecule is CN(CCOCCOc1ccc(CN2C(=O)C(C(=O)Nc3ccc(C(F)(F)F)cc3-c3cc(C(F)(F)F)ncn3)=C(O)C3(CCCC3)N2C)c(F)c1F)C[C@H](O)[C@@H](O)[C@H](O)[C@H](O)CO.CNCC(O)C(O)C(O)C(O)CO. The van der Waals surface area contributed by atoms with Crippen LogP contribution in [0.1, 0.15) is 42.5 Å². The summed E-state index contributed by atoms with van der Waals surface area (Å²) in [4.78, 5) is 36.4. The maximum atomic E-state index is 15.6. The Morgan fingerprint density at radius 1 is 0.805 bits per heavy atom. The quantitative estimate of drug-likeness (QED) is 0.0314. The standard InChI is InChI=1S/C40H46F8N6O10.C7H17NO5/c1-52(18-26(56)33(58)34(59)27(57)19-55)11-12-63-13-14-64-28-8-5-21(31(41)32(28)42)17-54-37(62)30(35(60)38(53(54)2)9-3-4-10-38)36(61)51-24-7-6-22(39(43,44)45)15-23(24)25-16-29(40(46,47)48)50-20-49-25;1-8-2-4(10)6(12)7(13)5(11)3-9/h5-8,15-16,20,26-27,33-34,55-60H,3-4,9-14,17-19H2,1-2H3,(H,51,61);4-13H,2-3H2,1H3/t26-,27+,33+,34+;/m0./s1. The molecule has 0 saturated heterocycles. The van der Waals surface area contributed by atoms with Crippen LogP contribution in [0.25, 0.3) is 11.3 Å². The number of likely N-dealkylation sites (N-methyl/N-ethyl adjacent to an activating group) is 3. The monoisotopic (exact) mass is 1120 g/mol. The fourth-order valence-electron chi connectivity index (χ4n) is 8.25. The number of nitrogens with zero attached hydrogens (tertiary/aromatic N) is 5. The highest BCUT2D eigenvalue weighted by Crippen LogP contribution is 2.45. The van der Waals surface area contributed by atoms with Gasteiger partial charge in [-0.1, -0.05) is 18.9 Å². The third kappa shape index (κ3) is 16.1. The number of aliphatic hydroxyl groups is 11. The minimum atomic E-state index is -5.02. The highest BCUT2D eigenvalue weighted by molar-refractivity contribution is 6.24. The zero-order valence-corrected chi connectivity index (χ0v) is 41.7. The molecule has 30 heteroatoms. The highest BCUT2D eigenvalue weighted by atomic mass is 19.4. The third-order valence-corrected chi connectivity index (χ3v) is 12.7. The van der Waals surface area contributed by atoms with Gasteiger partial charge in [-0.05, 0) is 57.3 Å². The van der Waals surface area contributed by atoms with Crippen LogP contribution in [0.15, 0.2) is 54.1 Å². The fourth-order valence-corrected chi connectivity index (χ4v) is 8.25. The number of nitrogens with one attached hydrogen (secondary N) is 2. The van der Waals surface area contributed by atoms with Crippen LogP contribution in [0.3, 0.4) is 0 Å². The van der Waals surface area contributed by atoms with Gasteiger partial charge in [-0.15, -0.1) is 0 Å². The van der Waals surface area contributed by atoms with Crippen molar-refractivity contribution in [3.63, 3.8) is 0 Å². The number of hydrazine groups is 1. The van der Waals surface area contributed by atoms with Gasteiger partial charge in [-0.3, -0.25) is 14.6 Å². The maximum absolute atomic E-state index is 15.6. The summed E-state index contributed by atoms with van der Waals surface area (Å²) in [6.45, 7) is -2.35. The van der Waals surface area contributed by atoms with Gasteiger partial charge < -0.3 is 81.2 Å². The number of ether oxygens (including phenoxy) is 2. The van der Waals surface area contributed by atoms with Crippen LogP contribution in [-0.2, 0) is 33.2 Å². The number of hydrogen-bond donors (Lipinski definition) is 13. The lowest BCUT2D eigenvalue weighted by molar-refractivity contribution is -0.163. The average molecular weight is 1120 g/mol. The molecule has 432 valence electrons. The molecule has 1 aliphatic heterocycles. The highest BCUT2D eigenvalue weighted by Gasteiger charge is 2.53. The van der Waals surface area contributed by atoms with E-state index in [1.165, 1.54) is 17.0 Å². The molecule has 2 amide bonds. The smallest absolute Gasteiger partial charge is 0.433 e. The second-order valence-corrected chi connectivity index (χ2v) is 18.1. The number of rotatable bonds is 24. The lowest BCUT2D eigenvalue weighted by atomic mass is 9.88. The van der Waals surface area contributed by atoms with Gasteiger partial charge in [0, 0.05) is 37.8 Å².